The quantitative estimate of drug-likeness (QED) is 0.917. The van der Waals surface area contributed by atoms with E-state index in [0.717, 1.165) is 11.3 Å². The average Bonchev–Trinajstić information content (AvgIpc) is 2.42. The Kier molecular flexibility index (Phi) is 4.53. The standard InChI is InChI=1S/C14H13ClN2O3/c1-9-6-11(15)2-3-12(9)20-5-4-13-16-7-10(8-17-13)14(18)19/h2-3,6-8H,4-5H2,1H3,(H,18,19). The number of rotatable bonds is 5. The molecule has 5 nitrogen and oxygen atoms in total. The second-order valence-electron chi connectivity index (χ2n) is 4.20. The van der Waals surface area contributed by atoms with Crippen LogP contribution in [0.3, 0.4) is 0 Å². The van der Waals surface area contributed by atoms with E-state index in [1.54, 1.807) is 6.07 Å². The van der Waals surface area contributed by atoms with Crippen LogP contribution in [-0.2, 0) is 6.42 Å². The van der Waals surface area contributed by atoms with Crippen molar-refractivity contribution in [3.05, 3.63) is 52.6 Å². The summed E-state index contributed by atoms with van der Waals surface area (Å²) in [4.78, 5) is 18.6. The maximum absolute atomic E-state index is 10.7. The molecule has 0 atom stereocenters. The summed E-state index contributed by atoms with van der Waals surface area (Å²) in [6, 6.07) is 5.41. The lowest BCUT2D eigenvalue weighted by Crippen LogP contribution is -2.07. The van der Waals surface area contributed by atoms with Gasteiger partial charge >= 0.3 is 5.97 Å². The van der Waals surface area contributed by atoms with E-state index >= 15 is 0 Å². The lowest BCUT2D eigenvalue weighted by Gasteiger charge is -2.08. The Balaban J connectivity index is 1.91. The SMILES string of the molecule is Cc1cc(Cl)ccc1OCCc1ncc(C(=O)O)cn1. The van der Waals surface area contributed by atoms with Crippen LogP contribution >= 0.6 is 11.6 Å². The van der Waals surface area contributed by atoms with E-state index in [2.05, 4.69) is 9.97 Å². The Morgan fingerprint density at radius 3 is 2.65 bits per heavy atom. The molecule has 0 saturated heterocycles. The van der Waals surface area contributed by atoms with Crippen molar-refractivity contribution in [1.29, 1.82) is 0 Å². The number of ether oxygens (including phenoxy) is 1. The number of benzene rings is 1. The molecule has 1 aromatic carbocycles. The number of hydrogen-bond acceptors (Lipinski definition) is 4. The van der Waals surface area contributed by atoms with Crippen molar-refractivity contribution in [2.24, 2.45) is 0 Å². The Hall–Kier alpha value is -2.14. The molecule has 2 rings (SSSR count). The number of carboxylic acids is 1. The maximum Gasteiger partial charge on any atom is 0.338 e. The smallest absolute Gasteiger partial charge is 0.338 e. The highest BCUT2D eigenvalue weighted by atomic mass is 35.5. The van der Waals surface area contributed by atoms with Crippen LogP contribution in [0, 0.1) is 6.92 Å². The number of aromatic carboxylic acids is 1. The summed E-state index contributed by atoms with van der Waals surface area (Å²) in [7, 11) is 0. The minimum atomic E-state index is -1.04. The van der Waals surface area contributed by atoms with Gasteiger partial charge in [0.05, 0.1) is 12.2 Å². The maximum atomic E-state index is 10.7. The van der Waals surface area contributed by atoms with Crippen LogP contribution in [-0.4, -0.2) is 27.7 Å². The lowest BCUT2D eigenvalue weighted by atomic mass is 10.2. The van der Waals surface area contributed by atoms with Gasteiger partial charge in [0, 0.05) is 23.8 Å². The number of hydrogen-bond donors (Lipinski definition) is 1. The third-order valence-corrected chi connectivity index (χ3v) is 2.91. The number of nitrogens with zero attached hydrogens (tertiary/aromatic N) is 2. The van der Waals surface area contributed by atoms with E-state index in [1.807, 2.05) is 19.1 Å². The molecule has 0 saturated carbocycles. The van der Waals surface area contributed by atoms with Crippen molar-refractivity contribution in [1.82, 2.24) is 9.97 Å². The third-order valence-electron chi connectivity index (χ3n) is 2.67. The van der Waals surface area contributed by atoms with Gasteiger partial charge < -0.3 is 9.84 Å². The molecule has 0 amide bonds. The summed E-state index contributed by atoms with van der Waals surface area (Å²) in [5.74, 6) is 0.266. The molecule has 2 aromatic rings. The fourth-order valence-corrected chi connectivity index (χ4v) is 1.85. The zero-order valence-corrected chi connectivity index (χ0v) is 11.6. The van der Waals surface area contributed by atoms with Crippen LogP contribution in [0.1, 0.15) is 21.7 Å². The van der Waals surface area contributed by atoms with Crippen LogP contribution in [0.2, 0.25) is 5.02 Å². The van der Waals surface area contributed by atoms with Crippen molar-refractivity contribution in [2.75, 3.05) is 6.61 Å². The molecule has 1 N–H and O–H groups in total. The molecule has 104 valence electrons. The van der Waals surface area contributed by atoms with Crippen LogP contribution in [0.5, 0.6) is 5.75 Å². The van der Waals surface area contributed by atoms with Crippen LogP contribution in [0.4, 0.5) is 0 Å². The van der Waals surface area contributed by atoms with E-state index in [1.165, 1.54) is 12.4 Å². The summed E-state index contributed by atoms with van der Waals surface area (Å²) in [6.45, 7) is 2.33. The molecule has 1 heterocycles. The average molecular weight is 293 g/mol. The van der Waals surface area contributed by atoms with E-state index in [4.69, 9.17) is 21.4 Å². The van der Waals surface area contributed by atoms with E-state index in [-0.39, 0.29) is 5.56 Å². The number of halogens is 1. The Bertz CT molecular complexity index is 614. The summed E-state index contributed by atoms with van der Waals surface area (Å²) >= 11 is 5.86. The van der Waals surface area contributed by atoms with Gasteiger partial charge in [-0.05, 0) is 30.7 Å². The molecule has 0 aliphatic carbocycles. The van der Waals surface area contributed by atoms with Gasteiger partial charge in [0.2, 0.25) is 0 Å². The van der Waals surface area contributed by atoms with Gasteiger partial charge in [-0.25, -0.2) is 14.8 Å². The van der Waals surface area contributed by atoms with Gasteiger partial charge in [-0.2, -0.15) is 0 Å². The fourth-order valence-electron chi connectivity index (χ4n) is 1.62. The molecule has 0 bridgehead atoms. The highest BCUT2D eigenvalue weighted by molar-refractivity contribution is 6.30. The molecular weight excluding hydrogens is 280 g/mol. The van der Waals surface area contributed by atoms with Crippen molar-refractivity contribution >= 4 is 17.6 Å². The van der Waals surface area contributed by atoms with Crippen LogP contribution in [0.25, 0.3) is 0 Å². The monoisotopic (exact) mass is 292 g/mol. The molecule has 0 aliphatic heterocycles. The van der Waals surface area contributed by atoms with Gasteiger partial charge in [-0.15, -0.1) is 0 Å². The minimum absolute atomic E-state index is 0.0724. The zero-order chi connectivity index (χ0) is 14.5. The molecular formula is C14H13ClN2O3. The minimum Gasteiger partial charge on any atom is -0.493 e. The number of aromatic nitrogens is 2. The molecule has 0 aliphatic rings. The third kappa shape index (κ3) is 3.68. The summed E-state index contributed by atoms with van der Waals surface area (Å²) in [5, 5.41) is 9.41. The highest BCUT2D eigenvalue weighted by Gasteiger charge is 2.05. The normalized spacial score (nSPS) is 10.3. The molecule has 6 heteroatoms. The van der Waals surface area contributed by atoms with E-state index < -0.39 is 5.97 Å². The largest absolute Gasteiger partial charge is 0.493 e. The Labute approximate surface area is 121 Å². The topological polar surface area (TPSA) is 72.3 Å². The van der Waals surface area contributed by atoms with Gasteiger partial charge in [-0.3, -0.25) is 0 Å². The van der Waals surface area contributed by atoms with Crippen LogP contribution in [0.15, 0.2) is 30.6 Å². The van der Waals surface area contributed by atoms with Crippen molar-refractivity contribution < 1.29 is 14.6 Å². The number of carboxylic acid groups (broad SMARTS) is 1. The number of aryl methyl sites for hydroxylation is 1. The predicted octanol–water partition coefficient (Wildman–Crippen LogP) is 2.76. The van der Waals surface area contributed by atoms with Crippen molar-refractivity contribution in [3.8, 4) is 5.75 Å². The van der Waals surface area contributed by atoms with E-state index in [9.17, 15) is 4.79 Å². The Morgan fingerprint density at radius 2 is 2.05 bits per heavy atom. The fraction of sp³-hybridized carbons (Fsp3) is 0.214. The first-order valence-corrected chi connectivity index (χ1v) is 6.37. The molecule has 0 radical (unpaired) electrons. The number of carbonyl (C=O) groups is 1. The second-order valence-corrected chi connectivity index (χ2v) is 4.64. The molecule has 0 spiro atoms. The van der Waals surface area contributed by atoms with Crippen molar-refractivity contribution in [2.45, 2.75) is 13.3 Å². The lowest BCUT2D eigenvalue weighted by molar-refractivity contribution is 0.0696. The van der Waals surface area contributed by atoms with E-state index in [0.29, 0.717) is 23.9 Å². The highest BCUT2D eigenvalue weighted by Crippen LogP contribution is 2.21. The van der Waals surface area contributed by atoms with Crippen LogP contribution < -0.4 is 4.74 Å². The first-order chi connectivity index (χ1) is 9.56. The van der Waals surface area contributed by atoms with Crippen molar-refractivity contribution in [3.63, 3.8) is 0 Å². The molecule has 0 fully saturated rings. The first kappa shape index (κ1) is 14.3. The Morgan fingerprint density at radius 1 is 1.35 bits per heavy atom. The predicted molar refractivity (Wildman–Crippen MR) is 74.4 cm³/mol. The van der Waals surface area contributed by atoms with Gasteiger partial charge in [-0.1, -0.05) is 11.6 Å². The van der Waals surface area contributed by atoms with Gasteiger partial charge in [0.15, 0.2) is 0 Å². The summed E-state index contributed by atoms with van der Waals surface area (Å²) in [5.41, 5.74) is 1.03. The molecule has 20 heavy (non-hydrogen) atoms. The summed E-state index contributed by atoms with van der Waals surface area (Å²) < 4.78 is 5.62. The molecule has 1 aromatic heterocycles. The zero-order valence-electron chi connectivity index (χ0n) is 10.8. The first-order valence-electron chi connectivity index (χ1n) is 5.99. The van der Waals surface area contributed by atoms with Gasteiger partial charge in [0.25, 0.3) is 0 Å². The molecule has 0 unspecified atom stereocenters. The second kappa shape index (κ2) is 6.34. The summed E-state index contributed by atoms with van der Waals surface area (Å²) in [6.07, 6.45) is 3.08. The van der Waals surface area contributed by atoms with Gasteiger partial charge in [0.1, 0.15) is 11.6 Å².